The van der Waals surface area contributed by atoms with Gasteiger partial charge in [0.25, 0.3) is 0 Å². The fourth-order valence-corrected chi connectivity index (χ4v) is 2.25. The molecule has 0 aromatic carbocycles. The Labute approximate surface area is 88.6 Å². The van der Waals surface area contributed by atoms with Crippen molar-refractivity contribution in [3.8, 4) is 0 Å². The summed E-state index contributed by atoms with van der Waals surface area (Å²) in [5.41, 5.74) is 6.29. The Morgan fingerprint density at radius 2 is 2.00 bits per heavy atom. The van der Waals surface area contributed by atoms with Crippen molar-refractivity contribution in [2.45, 2.75) is 70.4 Å². The Kier molecular flexibility index (Phi) is 5.49. The van der Waals surface area contributed by atoms with Gasteiger partial charge in [-0.3, -0.25) is 5.32 Å². The Hall–Kier alpha value is -0.0800. The molecule has 1 aliphatic heterocycles. The van der Waals surface area contributed by atoms with Gasteiger partial charge in [0.15, 0.2) is 0 Å². The normalized spacial score (nSPS) is 28.7. The van der Waals surface area contributed by atoms with Crippen molar-refractivity contribution in [3.63, 3.8) is 0 Å². The first-order valence-corrected chi connectivity index (χ1v) is 6.31. The van der Waals surface area contributed by atoms with E-state index in [4.69, 9.17) is 5.73 Å². The summed E-state index contributed by atoms with van der Waals surface area (Å²) >= 11 is 0. The van der Waals surface area contributed by atoms with Crippen LogP contribution in [-0.2, 0) is 0 Å². The van der Waals surface area contributed by atoms with E-state index >= 15 is 0 Å². The lowest BCUT2D eigenvalue weighted by Crippen LogP contribution is -2.52. The second kappa shape index (κ2) is 6.41. The highest BCUT2D eigenvalue weighted by Crippen LogP contribution is 2.20. The van der Waals surface area contributed by atoms with Gasteiger partial charge < -0.3 is 5.73 Å². The lowest BCUT2D eigenvalue weighted by molar-refractivity contribution is 0.293. The van der Waals surface area contributed by atoms with E-state index in [9.17, 15) is 0 Å². The van der Waals surface area contributed by atoms with Crippen LogP contribution in [0.15, 0.2) is 0 Å². The number of unbranched alkanes of at least 4 members (excludes halogenated alkanes) is 3. The Balaban J connectivity index is 2.17. The molecule has 0 radical (unpaired) electrons. The molecule has 1 heterocycles. The number of rotatable bonds is 5. The van der Waals surface area contributed by atoms with Gasteiger partial charge in [0.2, 0.25) is 0 Å². The van der Waals surface area contributed by atoms with Crippen molar-refractivity contribution in [1.29, 1.82) is 0 Å². The summed E-state index contributed by atoms with van der Waals surface area (Å²) in [6.07, 6.45) is 11.6. The molecule has 0 amide bonds. The van der Waals surface area contributed by atoms with Gasteiger partial charge in [-0.1, -0.05) is 45.4 Å². The van der Waals surface area contributed by atoms with Crippen molar-refractivity contribution in [2.75, 3.05) is 6.54 Å². The van der Waals surface area contributed by atoms with Gasteiger partial charge in [0, 0.05) is 0 Å². The molecule has 2 heteroatoms. The van der Waals surface area contributed by atoms with Crippen molar-refractivity contribution in [1.82, 2.24) is 5.32 Å². The lowest BCUT2D eigenvalue weighted by atomic mass is 9.97. The minimum Gasteiger partial charge on any atom is -0.313 e. The first-order chi connectivity index (χ1) is 6.77. The SMILES string of the molecule is CCCCCCC1(N)CCCCCN1. The second-order valence-corrected chi connectivity index (χ2v) is 4.70. The maximum Gasteiger partial charge on any atom is 0.0661 e. The number of nitrogens with one attached hydrogen (secondary N) is 1. The van der Waals surface area contributed by atoms with Gasteiger partial charge >= 0.3 is 0 Å². The van der Waals surface area contributed by atoms with E-state index in [2.05, 4.69) is 12.2 Å². The van der Waals surface area contributed by atoms with E-state index in [0.29, 0.717) is 0 Å². The molecule has 1 saturated heterocycles. The number of hydrogen-bond donors (Lipinski definition) is 2. The minimum atomic E-state index is -0.0375. The average molecular weight is 198 g/mol. The van der Waals surface area contributed by atoms with Crippen LogP contribution in [0.5, 0.6) is 0 Å². The molecule has 14 heavy (non-hydrogen) atoms. The quantitative estimate of drug-likeness (QED) is 0.667. The largest absolute Gasteiger partial charge is 0.313 e. The van der Waals surface area contributed by atoms with Crippen molar-refractivity contribution in [2.24, 2.45) is 5.73 Å². The zero-order valence-corrected chi connectivity index (χ0v) is 9.65. The highest BCUT2D eigenvalue weighted by molar-refractivity contribution is 4.83. The summed E-state index contributed by atoms with van der Waals surface area (Å²) in [5, 5.41) is 3.51. The van der Waals surface area contributed by atoms with Crippen LogP contribution < -0.4 is 11.1 Å². The van der Waals surface area contributed by atoms with Gasteiger partial charge in [-0.25, -0.2) is 0 Å². The smallest absolute Gasteiger partial charge is 0.0661 e. The molecule has 1 atom stereocenters. The fraction of sp³-hybridized carbons (Fsp3) is 1.00. The molecule has 0 spiro atoms. The predicted molar refractivity (Wildman–Crippen MR) is 62.1 cm³/mol. The number of nitrogens with two attached hydrogens (primary N) is 1. The molecule has 1 aliphatic rings. The Bertz CT molecular complexity index is 137. The van der Waals surface area contributed by atoms with Crippen LogP contribution in [-0.4, -0.2) is 12.2 Å². The highest BCUT2D eigenvalue weighted by atomic mass is 15.1. The Morgan fingerprint density at radius 1 is 1.14 bits per heavy atom. The fourth-order valence-electron chi connectivity index (χ4n) is 2.25. The van der Waals surface area contributed by atoms with E-state index in [1.54, 1.807) is 0 Å². The molecule has 0 saturated carbocycles. The lowest BCUT2D eigenvalue weighted by Gasteiger charge is -2.29. The first-order valence-electron chi connectivity index (χ1n) is 6.31. The molecule has 2 nitrogen and oxygen atoms in total. The van der Waals surface area contributed by atoms with Gasteiger partial charge in [0.05, 0.1) is 5.66 Å². The van der Waals surface area contributed by atoms with Gasteiger partial charge in [-0.2, -0.15) is 0 Å². The second-order valence-electron chi connectivity index (χ2n) is 4.70. The predicted octanol–water partition coefficient (Wildman–Crippen LogP) is 2.78. The summed E-state index contributed by atoms with van der Waals surface area (Å²) in [6, 6.07) is 0. The first kappa shape index (κ1) is 12.0. The van der Waals surface area contributed by atoms with E-state index in [1.807, 2.05) is 0 Å². The van der Waals surface area contributed by atoms with E-state index in [-0.39, 0.29) is 5.66 Å². The van der Waals surface area contributed by atoms with Crippen molar-refractivity contribution in [3.05, 3.63) is 0 Å². The van der Waals surface area contributed by atoms with Crippen molar-refractivity contribution < 1.29 is 0 Å². The summed E-state index contributed by atoms with van der Waals surface area (Å²) in [5.74, 6) is 0. The Morgan fingerprint density at radius 3 is 2.79 bits per heavy atom. The van der Waals surface area contributed by atoms with Gasteiger partial charge in [-0.05, 0) is 25.8 Å². The number of hydrogen-bond acceptors (Lipinski definition) is 2. The molecule has 1 fully saturated rings. The highest BCUT2D eigenvalue weighted by Gasteiger charge is 2.24. The molecule has 84 valence electrons. The van der Waals surface area contributed by atoms with Crippen LogP contribution in [0.1, 0.15) is 64.7 Å². The molecule has 0 aromatic rings. The maximum absolute atomic E-state index is 6.33. The molecular formula is C12H26N2. The molecular weight excluding hydrogens is 172 g/mol. The maximum atomic E-state index is 6.33. The van der Waals surface area contributed by atoms with Gasteiger partial charge in [0.1, 0.15) is 0 Å². The van der Waals surface area contributed by atoms with Crippen LogP contribution in [0.4, 0.5) is 0 Å². The summed E-state index contributed by atoms with van der Waals surface area (Å²) < 4.78 is 0. The molecule has 0 aromatic heterocycles. The molecule has 0 aliphatic carbocycles. The standard InChI is InChI=1S/C12H26N2/c1-2-3-4-6-9-12(13)10-7-5-8-11-14-12/h14H,2-11,13H2,1H3. The van der Waals surface area contributed by atoms with E-state index in [1.165, 1.54) is 51.4 Å². The molecule has 1 unspecified atom stereocenters. The van der Waals surface area contributed by atoms with Gasteiger partial charge in [-0.15, -0.1) is 0 Å². The average Bonchev–Trinajstić information content (AvgIpc) is 2.39. The third-order valence-corrected chi connectivity index (χ3v) is 3.25. The summed E-state index contributed by atoms with van der Waals surface area (Å²) in [4.78, 5) is 0. The zero-order chi connectivity index (χ0) is 10.3. The monoisotopic (exact) mass is 198 g/mol. The summed E-state index contributed by atoms with van der Waals surface area (Å²) in [6.45, 7) is 3.37. The van der Waals surface area contributed by atoms with Crippen LogP contribution in [0.2, 0.25) is 0 Å². The third-order valence-electron chi connectivity index (χ3n) is 3.25. The molecule has 1 rings (SSSR count). The topological polar surface area (TPSA) is 38.0 Å². The van der Waals surface area contributed by atoms with Crippen LogP contribution in [0.25, 0.3) is 0 Å². The van der Waals surface area contributed by atoms with E-state index in [0.717, 1.165) is 13.0 Å². The summed E-state index contributed by atoms with van der Waals surface area (Å²) in [7, 11) is 0. The van der Waals surface area contributed by atoms with Crippen LogP contribution in [0, 0.1) is 0 Å². The minimum absolute atomic E-state index is 0.0375. The van der Waals surface area contributed by atoms with Crippen LogP contribution in [0.3, 0.4) is 0 Å². The third kappa shape index (κ3) is 4.43. The van der Waals surface area contributed by atoms with E-state index < -0.39 is 0 Å². The van der Waals surface area contributed by atoms with Crippen molar-refractivity contribution >= 4 is 0 Å². The zero-order valence-electron chi connectivity index (χ0n) is 9.65. The molecule has 3 N–H and O–H groups in total. The molecule has 0 bridgehead atoms. The van der Waals surface area contributed by atoms with Crippen LogP contribution >= 0.6 is 0 Å².